The van der Waals surface area contributed by atoms with Crippen LogP contribution in [0.2, 0.25) is 5.15 Å². The van der Waals surface area contributed by atoms with Crippen LogP contribution < -0.4 is 0 Å². The molecule has 0 N–H and O–H groups in total. The molecule has 0 aliphatic rings. The van der Waals surface area contributed by atoms with Gasteiger partial charge in [0, 0.05) is 12.7 Å². The van der Waals surface area contributed by atoms with Crippen molar-refractivity contribution in [3.05, 3.63) is 34.1 Å². The van der Waals surface area contributed by atoms with E-state index in [2.05, 4.69) is 34.0 Å². The number of nitrogens with zero attached hydrogens (tertiary/aromatic N) is 6. The zero-order valence-corrected chi connectivity index (χ0v) is 13.3. The maximum Gasteiger partial charge on any atom is 0.162 e. The zero-order chi connectivity index (χ0) is 15.1. The molecule has 3 aromatic rings. The zero-order valence-electron chi connectivity index (χ0n) is 12.6. The highest BCUT2D eigenvalue weighted by molar-refractivity contribution is 6.33. The molecular weight excluding hydrogens is 288 g/mol. The highest BCUT2D eigenvalue weighted by Gasteiger charge is 2.14. The van der Waals surface area contributed by atoms with Crippen LogP contribution in [0.5, 0.6) is 0 Å². The van der Waals surface area contributed by atoms with E-state index >= 15 is 0 Å². The van der Waals surface area contributed by atoms with E-state index in [0.29, 0.717) is 17.5 Å². The summed E-state index contributed by atoms with van der Waals surface area (Å²) in [6.07, 6.45) is 2.65. The summed E-state index contributed by atoms with van der Waals surface area (Å²) in [5.74, 6) is 0.643. The minimum Gasteiger partial charge on any atom is -0.262 e. The minimum atomic E-state index is 0.431. The monoisotopic (exact) mass is 304 g/mol. The van der Waals surface area contributed by atoms with Crippen molar-refractivity contribution >= 4 is 22.6 Å². The van der Waals surface area contributed by atoms with E-state index in [-0.39, 0.29) is 0 Å². The third-order valence-corrected chi connectivity index (χ3v) is 4.06. The number of aryl methyl sites for hydroxylation is 2. The predicted molar refractivity (Wildman–Crippen MR) is 81.5 cm³/mol. The van der Waals surface area contributed by atoms with E-state index in [0.717, 1.165) is 28.8 Å². The molecule has 0 aliphatic carbocycles. The van der Waals surface area contributed by atoms with Gasteiger partial charge in [0.1, 0.15) is 11.7 Å². The normalized spacial score (nSPS) is 11.5. The molecule has 7 heteroatoms. The fraction of sp³-hybridized carbons (Fsp3) is 0.429. The van der Waals surface area contributed by atoms with Gasteiger partial charge in [0.05, 0.1) is 17.3 Å². The van der Waals surface area contributed by atoms with Crippen LogP contribution in [0.3, 0.4) is 0 Å². The van der Waals surface area contributed by atoms with Gasteiger partial charge in [-0.25, -0.2) is 9.97 Å². The van der Waals surface area contributed by atoms with E-state index in [1.54, 1.807) is 10.9 Å². The molecule has 0 radical (unpaired) electrons. The largest absolute Gasteiger partial charge is 0.262 e. The van der Waals surface area contributed by atoms with Gasteiger partial charge >= 0.3 is 0 Å². The number of rotatable bonds is 3. The summed E-state index contributed by atoms with van der Waals surface area (Å²) >= 11 is 6.21. The Morgan fingerprint density at radius 2 is 2.00 bits per heavy atom. The Bertz CT molecular complexity index is 817. The smallest absolute Gasteiger partial charge is 0.162 e. The number of halogens is 1. The van der Waals surface area contributed by atoms with Crippen molar-refractivity contribution in [2.75, 3.05) is 0 Å². The molecule has 0 saturated heterocycles. The number of hydrogen-bond donors (Lipinski definition) is 0. The van der Waals surface area contributed by atoms with Gasteiger partial charge in [0.2, 0.25) is 0 Å². The number of hydrogen-bond acceptors (Lipinski definition) is 4. The van der Waals surface area contributed by atoms with Crippen molar-refractivity contribution < 1.29 is 0 Å². The van der Waals surface area contributed by atoms with E-state index in [4.69, 9.17) is 11.6 Å². The van der Waals surface area contributed by atoms with Gasteiger partial charge in [0.25, 0.3) is 0 Å². The lowest BCUT2D eigenvalue weighted by Crippen LogP contribution is -2.09. The molecule has 3 aromatic heterocycles. The van der Waals surface area contributed by atoms with Gasteiger partial charge < -0.3 is 0 Å². The predicted octanol–water partition coefficient (Wildman–Crippen LogP) is 2.44. The summed E-state index contributed by atoms with van der Waals surface area (Å²) in [4.78, 5) is 8.90. The number of fused-ring (bicyclic) bond motifs is 1. The van der Waals surface area contributed by atoms with Gasteiger partial charge in [-0.05, 0) is 25.8 Å². The Morgan fingerprint density at radius 3 is 2.67 bits per heavy atom. The lowest BCUT2D eigenvalue weighted by Gasteiger charge is -2.05. The first-order chi connectivity index (χ1) is 10.0. The summed E-state index contributed by atoms with van der Waals surface area (Å²) in [6, 6.07) is 0. The van der Waals surface area contributed by atoms with Crippen molar-refractivity contribution in [3.63, 3.8) is 0 Å². The quantitative estimate of drug-likeness (QED) is 0.697. The Morgan fingerprint density at radius 1 is 1.24 bits per heavy atom. The Balaban J connectivity index is 2.04. The van der Waals surface area contributed by atoms with Gasteiger partial charge in [-0.2, -0.15) is 10.2 Å². The lowest BCUT2D eigenvalue weighted by atomic mass is 10.1. The molecule has 0 atom stereocenters. The molecule has 0 saturated carbocycles. The molecule has 0 fully saturated rings. The van der Waals surface area contributed by atoms with Crippen LogP contribution in [0.25, 0.3) is 11.0 Å². The first kappa shape index (κ1) is 14.0. The van der Waals surface area contributed by atoms with Gasteiger partial charge in [-0.3, -0.25) is 9.36 Å². The molecule has 0 bridgehead atoms. The van der Waals surface area contributed by atoms with E-state index in [1.165, 1.54) is 5.56 Å². The second kappa shape index (κ2) is 5.11. The molecule has 0 aliphatic heterocycles. The molecule has 3 rings (SSSR count). The second-order valence-corrected chi connectivity index (χ2v) is 5.45. The second-order valence-electron chi connectivity index (χ2n) is 5.10. The molecule has 0 unspecified atom stereocenters. The molecule has 0 aromatic carbocycles. The first-order valence-corrected chi connectivity index (χ1v) is 7.26. The van der Waals surface area contributed by atoms with E-state index in [1.807, 2.05) is 18.7 Å². The van der Waals surface area contributed by atoms with Crippen molar-refractivity contribution in [2.24, 2.45) is 7.05 Å². The first-order valence-electron chi connectivity index (χ1n) is 6.88. The third kappa shape index (κ3) is 2.29. The van der Waals surface area contributed by atoms with Gasteiger partial charge in [0.15, 0.2) is 11.5 Å². The SMILES string of the molecule is CCc1c(C)nn(Cc2nc(Cl)c3cnn(C)c3n2)c1C. The molecule has 0 spiro atoms. The summed E-state index contributed by atoms with van der Waals surface area (Å²) in [5.41, 5.74) is 4.23. The third-order valence-electron chi connectivity index (χ3n) is 3.77. The fourth-order valence-electron chi connectivity index (χ4n) is 2.63. The molecule has 6 nitrogen and oxygen atoms in total. The Hall–Kier alpha value is -1.95. The topological polar surface area (TPSA) is 61.4 Å². The highest BCUT2D eigenvalue weighted by atomic mass is 35.5. The van der Waals surface area contributed by atoms with Crippen LogP contribution in [-0.2, 0) is 20.0 Å². The van der Waals surface area contributed by atoms with Gasteiger partial charge in [-0.1, -0.05) is 18.5 Å². The highest BCUT2D eigenvalue weighted by Crippen LogP contribution is 2.20. The van der Waals surface area contributed by atoms with Crippen molar-refractivity contribution in [1.29, 1.82) is 0 Å². The summed E-state index contributed by atoms with van der Waals surface area (Å²) in [7, 11) is 1.84. The maximum absolute atomic E-state index is 6.21. The Labute approximate surface area is 127 Å². The van der Waals surface area contributed by atoms with E-state index in [9.17, 15) is 0 Å². The summed E-state index contributed by atoms with van der Waals surface area (Å²) in [5, 5.41) is 9.93. The lowest BCUT2D eigenvalue weighted by molar-refractivity contribution is 0.631. The summed E-state index contributed by atoms with van der Waals surface area (Å²) in [6.45, 7) is 6.74. The summed E-state index contributed by atoms with van der Waals surface area (Å²) < 4.78 is 3.63. The van der Waals surface area contributed by atoms with Crippen molar-refractivity contribution in [2.45, 2.75) is 33.7 Å². The van der Waals surface area contributed by atoms with Crippen molar-refractivity contribution in [3.8, 4) is 0 Å². The van der Waals surface area contributed by atoms with Crippen molar-refractivity contribution in [1.82, 2.24) is 29.5 Å². The maximum atomic E-state index is 6.21. The standard InChI is InChI=1S/C14H17ClN6/c1-5-10-8(2)19-21(9(10)3)7-12-17-13(15)11-6-16-20(4)14(11)18-12/h6H,5,7H2,1-4H3. The molecule has 0 amide bonds. The van der Waals surface area contributed by atoms with Crippen LogP contribution in [-0.4, -0.2) is 29.5 Å². The Kier molecular flexibility index (Phi) is 3.41. The molecule has 110 valence electrons. The molecule has 21 heavy (non-hydrogen) atoms. The molecule has 3 heterocycles. The average Bonchev–Trinajstić information content (AvgIpc) is 2.92. The van der Waals surface area contributed by atoms with Crippen LogP contribution in [0, 0.1) is 13.8 Å². The van der Waals surface area contributed by atoms with E-state index < -0.39 is 0 Å². The average molecular weight is 305 g/mol. The van der Waals surface area contributed by atoms with Crippen LogP contribution in [0.4, 0.5) is 0 Å². The van der Waals surface area contributed by atoms with Crippen LogP contribution in [0.1, 0.15) is 29.7 Å². The molecular formula is C14H17ClN6. The fourth-order valence-corrected chi connectivity index (χ4v) is 2.87. The van der Waals surface area contributed by atoms with Crippen LogP contribution in [0.15, 0.2) is 6.20 Å². The minimum absolute atomic E-state index is 0.431. The van der Waals surface area contributed by atoms with Crippen LogP contribution >= 0.6 is 11.6 Å². The number of aromatic nitrogens is 6. The van der Waals surface area contributed by atoms with Gasteiger partial charge in [-0.15, -0.1) is 0 Å².